The minimum Gasteiger partial charge on any atom is -0.388 e. The molecule has 6 heteroatoms. The summed E-state index contributed by atoms with van der Waals surface area (Å²) in [7, 11) is 1.88. The summed E-state index contributed by atoms with van der Waals surface area (Å²) in [5.74, 6) is 0.241. The summed E-state index contributed by atoms with van der Waals surface area (Å²) in [5, 5.41) is 17.9. The average molecular weight is 356 g/mol. The maximum Gasteiger partial charge on any atom is 0.238 e. The Labute approximate surface area is 154 Å². The highest BCUT2D eigenvalue weighted by Crippen LogP contribution is 2.30. The number of aliphatic hydroxyl groups excluding tert-OH is 1. The van der Waals surface area contributed by atoms with Gasteiger partial charge in [-0.25, -0.2) is 0 Å². The van der Waals surface area contributed by atoms with Gasteiger partial charge >= 0.3 is 0 Å². The summed E-state index contributed by atoms with van der Waals surface area (Å²) in [5.41, 5.74) is 3.58. The topological polar surface area (TPSA) is 70.4 Å². The highest BCUT2D eigenvalue weighted by Gasteiger charge is 2.27. The van der Waals surface area contributed by atoms with Gasteiger partial charge < -0.3 is 10.4 Å². The number of aromatic nitrogens is 2. The van der Waals surface area contributed by atoms with Crippen LogP contribution in [0.3, 0.4) is 0 Å². The third-order valence-electron chi connectivity index (χ3n) is 5.36. The van der Waals surface area contributed by atoms with Crippen LogP contribution < -0.4 is 5.32 Å². The number of aryl methyl sites for hydroxylation is 2. The molecule has 0 bridgehead atoms. The van der Waals surface area contributed by atoms with Crippen LogP contribution in [-0.2, 0) is 11.8 Å². The van der Waals surface area contributed by atoms with Crippen LogP contribution in [0, 0.1) is 19.8 Å². The van der Waals surface area contributed by atoms with E-state index in [0.29, 0.717) is 6.54 Å². The Balaban J connectivity index is 1.50. The first-order chi connectivity index (χ1) is 12.5. The fraction of sp³-hybridized carbons (Fsp3) is 0.500. The van der Waals surface area contributed by atoms with Crippen LogP contribution in [0.5, 0.6) is 0 Å². The Morgan fingerprint density at radius 2 is 1.92 bits per heavy atom. The van der Waals surface area contributed by atoms with Crippen molar-refractivity contribution < 1.29 is 9.90 Å². The van der Waals surface area contributed by atoms with Crippen molar-refractivity contribution in [1.82, 2.24) is 14.7 Å². The lowest BCUT2D eigenvalue weighted by Gasteiger charge is -2.34. The van der Waals surface area contributed by atoms with Crippen LogP contribution in [0.25, 0.3) is 0 Å². The summed E-state index contributed by atoms with van der Waals surface area (Å²) in [6.45, 7) is 5.88. The molecule has 1 aromatic heterocycles. The molecule has 1 aromatic carbocycles. The number of hydrogen-bond acceptors (Lipinski definition) is 4. The van der Waals surface area contributed by atoms with Gasteiger partial charge in [0, 0.05) is 7.05 Å². The lowest BCUT2D eigenvalue weighted by Crippen LogP contribution is -2.40. The molecular formula is C20H28N4O2. The van der Waals surface area contributed by atoms with Crippen molar-refractivity contribution in [1.29, 1.82) is 0 Å². The number of benzene rings is 1. The summed E-state index contributed by atoms with van der Waals surface area (Å²) in [6.07, 6.45) is 1.37. The van der Waals surface area contributed by atoms with E-state index in [2.05, 4.69) is 15.3 Å². The van der Waals surface area contributed by atoms with Crippen molar-refractivity contribution in [3.63, 3.8) is 0 Å². The summed E-state index contributed by atoms with van der Waals surface area (Å²) in [4.78, 5) is 14.5. The van der Waals surface area contributed by atoms with Crippen LogP contribution in [0.2, 0.25) is 0 Å². The van der Waals surface area contributed by atoms with E-state index in [4.69, 9.17) is 0 Å². The maximum absolute atomic E-state index is 12.4. The van der Waals surface area contributed by atoms with Gasteiger partial charge in [-0.15, -0.1) is 0 Å². The number of anilines is 1. The zero-order valence-electron chi connectivity index (χ0n) is 15.8. The largest absolute Gasteiger partial charge is 0.388 e. The summed E-state index contributed by atoms with van der Waals surface area (Å²) < 4.78 is 1.78. The fourth-order valence-electron chi connectivity index (χ4n) is 3.69. The number of rotatable bonds is 5. The molecule has 1 atom stereocenters. The number of carbonyl (C=O) groups is 1. The number of piperidine rings is 1. The molecule has 2 N–H and O–H groups in total. The van der Waals surface area contributed by atoms with E-state index < -0.39 is 6.10 Å². The molecule has 0 saturated carbocycles. The second-order valence-electron chi connectivity index (χ2n) is 7.19. The smallest absolute Gasteiger partial charge is 0.238 e. The van der Waals surface area contributed by atoms with E-state index in [1.165, 1.54) is 0 Å². The Kier molecular flexibility index (Phi) is 5.74. The number of likely N-dealkylation sites (tertiary alicyclic amines) is 1. The second-order valence-corrected chi connectivity index (χ2v) is 7.19. The van der Waals surface area contributed by atoms with E-state index in [0.717, 1.165) is 48.6 Å². The van der Waals surface area contributed by atoms with Crippen LogP contribution in [-0.4, -0.2) is 45.3 Å². The van der Waals surface area contributed by atoms with Crippen molar-refractivity contribution in [2.75, 3.05) is 25.0 Å². The standard InChI is InChI=1S/C20H28N4O2/c1-14-19(15(2)23(3)22-14)21-18(25)13-24-11-9-17(10-12-24)20(26)16-7-5-4-6-8-16/h4-8,17,20,26H,9-13H2,1-3H3,(H,21,25). The zero-order chi connectivity index (χ0) is 18.7. The molecule has 2 aromatic rings. The second kappa shape index (κ2) is 8.01. The molecule has 1 amide bonds. The van der Waals surface area contributed by atoms with Crippen LogP contribution in [0.1, 0.15) is 35.9 Å². The molecular weight excluding hydrogens is 328 g/mol. The van der Waals surface area contributed by atoms with Gasteiger partial charge in [0.25, 0.3) is 0 Å². The monoisotopic (exact) mass is 356 g/mol. The minimum absolute atomic E-state index is 0.00809. The molecule has 6 nitrogen and oxygen atoms in total. The molecule has 26 heavy (non-hydrogen) atoms. The highest BCUT2D eigenvalue weighted by molar-refractivity contribution is 5.93. The Morgan fingerprint density at radius 1 is 1.27 bits per heavy atom. The molecule has 2 heterocycles. The SMILES string of the molecule is Cc1nn(C)c(C)c1NC(=O)CN1CCC(C(O)c2ccccc2)CC1. The van der Waals surface area contributed by atoms with Crippen LogP contribution in [0.4, 0.5) is 5.69 Å². The Morgan fingerprint density at radius 3 is 2.50 bits per heavy atom. The average Bonchev–Trinajstić information content (AvgIpc) is 2.88. The lowest BCUT2D eigenvalue weighted by atomic mass is 9.87. The molecule has 140 valence electrons. The molecule has 0 aliphatic carbocycles. The molecule has 0 spiro atoms. The third kappa shape index (κ3) is 4.14. The van der Waals surface area contributed by atoms with Gasteiger partial charge in [-0.3, -0.25) is 14.4 Å². The predicted molar refractivity (Wildman–Crippen MR) is 102 cm³/mol. The van der Waals surface area contributed by atoms with E-state index in [1.54, 1.807) is 4.68 Å². The number of aliphatic hydroxyl groups is 1. The van der Waals surface area contributed by atoms with Gasteiger partial charge in [-0.1, -0.05) is 30.3 Å². The molecule has 0 radical (unpaired) electrons. The van der Waals surface area contributed by atoms with Gasteiger partial charge in [0.2, 0.25) is 5.91 Å². The molecule has 3 rings (SSSR count). The molecule has 1 fully saturated rings. The first kappa shape index (κ1) is 18.6. The zero-order valence-corrected chi connectivity index (χ0v) is 15.8. The number of nitrogens with one attached hydrogen (secondary N) is 1. The highest BCUT2D eigenvalue weighted by atomic mass is 16.3. The van der Waals surface area contributed by atoms with Gasteiger partial charge in [0.15, 0.2) is 0 Å². The fourth-order valence-corrected chi connectivity index (χ4v) is 3.69. The maximum atomic E-state index is 12.4. The van der Waals surface area contributed by atoms with Crippen LogP contribution in [0.15, 0.2) is 30.3 Å². The minimum atomic E-state index is -0.423. The number of hydrogen-bond donors (Lipinski definition) is 2. The summed E-state index contributed by atoms with van der Waals surface area (Å²) >= 11 is 0. The number of nitrogens with zero attached hydrogens (tertiary/aromatic N) is 3. The van der Waals surface area contributed by atoms with Crippen molar-refractivity contribution >= 4 is 11.6 Å². The molecule has 1 aliphatic rings. The van der Waals surface area contributed by atoms with E-state index in [-0.39, 0.29) is 11.8 Å². The van der Waals surface area contributed by atoms with Crippen molar-refractivity contribution in [2.24, 2.45) is 13.0 Å². The van der Waals surface area contributed by atoms with E-state index in [1.807, 2.05) is 51.2 Å². The normalized spacial score (nSPS) is 17.2. The van der Waals surface area contributed by atoms with Crippen LogP contribution >= 0.6 is 0 Å². The molecule has 1 unspecified atom stereocenters. The van der Waals surface area contributed by atoms with Gasteiger partial charge in [-0.2, -0.15) is 5.10 Å². The number of amides is 1. The Hall–Kier alpha value is -2.18. The number of carbonyl (C=O) groups excluding carboxylic acids is 1. The van der Waals surface area contributed by atoms with E-state index in [9.17, 15) is 9.90 Å². The molecule has 1 aliphatic heterocycles. The van der Waals surface area contributed by atoms with Gasteiger partial charge in [0.05, 0.1) is 29.7 Å². The van der Waals surface area contributed by atoms with Gasteiger partial charge in [0.1, 0.15) is 0 Å². The molecule has 1 saturated heterocycles. The van der Waals surface area contributed by atoms with Crippen molar-refractivity contribution in [3.8, 4) is 0 Å². The lowest BCUT2D eigenvalue weighted by molar-refractivity contribution is -0.117. The van der Waals surface area contributed by atoms with Gasteiger partial charge in [-0.05, 0) is 51.3 Å². The van der Waals surface area contributed by atoms with Crippen molar-refractivity contribution in [2.45, 2.75) is 32.8 Å². The Bertz CT molecular complexity index is 749. The summed E-state index contributed by atoms with van der Waals surface area (Å²) in [6, 6.07) is 9.83. The third-order valence-corrected chi connectivity index (χ3v) is 5.36. The van der Waals surface area contributed by atoms with Crippen molar-refractivity contribution in [3.05, 3.63) is 47.3 Å². The first-order valence-corrected chi connectivity index (χ1v) is 9.21. The first-order valence-electron chi connectivity index (χ1n) is 9.21. The predicted octanol–water partition coefficient (Wildman–Crippen LogP) is 2.42. The van der Waals surface area contributed by atoms with E-state index >= 15 is 0 Å². The quantitative estimate of drug-likeness (QED) is 0.863.